The van der Waals surface area contributed by atoms with E-state index >= 15 is 0 Å². The number of nitrogen functional groups attached to an aromatic ring is 1. The van der Waals surface area contributed by atoms with E-state index in [4.69, 9.17) is 17.4 Å². The Balaban J connectivity index is 3.09. The summed E-state index contributed by atoms with van der Waals surface area (Å²) in [6.07, 6.45) is 0. The predicted octanol–water partition coefficient (Wildman–Crippen LogP) is 2.39. The minimum Gasteiger partial charge on any atom is -0.323 e. The van der Waals surface area contributed by atoms with E-state index in [1.165, 1.54) is 0 Å². The van der Waals surface area contributed by atoms with Gasteiger partial charge in [0.25, 0.3) is 0 Å². The Bertz CT molecular complexity index is 239. The monoisotopic (exact) mass is 220 g/mol. The number of halogens is 2. The van der Waals surface area contributed by atoms with Crippen LogP contribution in [-0.4, -0.2) is 0 Å². The maximum absolute atomic E-state index is 5.68. The average molecular weight is 221 g/mol. The molecular formula is C6H6BrClN2. The Labute approximate surface area is 72.5 Å². The molecule has 1 aromatic rings. The molecule has 0 bridgehead atoms. The fraction of sp³-hybridized carbons (Fsp3) is 0. The second-order valence-electron chi connectivity index (χ2n) is 1.77. The van der Waals surface area contributed by atoms with Crippen molar-refractivity contribution in [3.05, 3.63) is 27.7 Å². The van der Waals surface area contributed by atoms with Crippen LogP contribution >= 0.6 is 27.5 Å². The number of anilines is 1. The zero-order valence-electron chi connectivity index (χ0n) is 5.07. The first kappa shape index (κ1) is 7.85. The van der Waals surface area contributed by atoms with E-state index in [1.807, 2.05) is 6.07 Å². The standard InChI is InChI=1S/C6H6BrClN2/c7-5-2-1-4(8)3-6(5)10-9/h1-3,10H,9H2. The minimum absolute atomic E-state index is 0.663. The SMILES string of the molecule is NNc1cc(Cl)ccc1Br. The Kier molecular flexibility index (Phi) is 2.54. The van der Waals surface area contributed by atoms with E-state index in [1.54, 1.807) is 12.1 Å². The van der Waals surface area contributed by atoms with Gasteiger partial charge in [-0.3, -0.25) is 5.84 Å². The second-order valence-corrected chi connectivity index (χ2v) is 3.06. The van der Waals surface area contributed by atoms with E-state index in [9.17, 15) is 0 Å². The summed E-state index contributed by atoms with van der Waals surface area (Å²) in [7, 11) is 0. The molecule has 2 nitrogen and oxygen atoms in total. The number of hydrazine groups is 1. The lowest BCUT2D eigenvalue weighted by molar-refractivity contribution is 1.34. The van der Waals surface area contributed by atoms with Gasteiger partial charge < -0.3 is 5.43 Å². The Morgan fingerprint density at radius 3 is 2.70 bits per heavy atom. The summed E-state index contributed by atoms with van der Waals surface area (Å²) in [6, 6.07) is 5.36. The van der Waals surface area contributed by atoms with Crippen molar-refractivity contribution in [3.63, 3.8) is 0 Å². The van der Waals surface area contributed by atoms with Crippen LogP contribution in [0.2, 0.25) is 5.02 Å². The van der Waals surface area contributed by atoms with E-state index in [0.29, 0.717) is 5.02 Å². The van der Waals surface area contributed by atoms with Gasteiger partial charge >= 0.3 is 0 Å². The van der Waals surface area contributed by atoms with Crippen molar-refractivity contribution in [1.29, 1.82) is 0 Å². The number of hydrogen-bond acceptors (Lipinski definition) is 2. The highest BCUT2D eigenvalue weighted by molar-refractivity contribution is 9.10. The van der Waals surface area contributed by atoms with Crippen LogP contribution in [0.5, 0.6) is 0 Å². The molecule has 0 heterocycles. The number of nitrogens with one attached hydrogen (secondary N) is 1. The largest absolute Gasteiger partial charge is 0.323 e. The molecule has 0 saturated heterocycles. The maximum Gasteiger partial charge on any atom is 0.0642 e. The molecular weight excluding hydrogens is 215 g/mol. The maximum atomic E-state index is 5.68. The Morgan fingerprint density at radius 2 is 2.20 bits per heavy atom. The van der Waals surface area contributed by atoms with Crippen molar-refractivity contribution in [2.75, 3.05) is 5.43 Å². The molecule has 0 saturated carbocycles. The molecule has 3 N–H and O–H groups in total. The Morgan fingerprint density at radius 1 is 1.50 bits per heavy atom. The van der Waals surface area contributed by atoms with Crippen molar-refractivity contribution in [2.45, 2.75) is 0 Å². The minimum atomic E-state index is 0.663. The van der Waals surface area contributed by atoms with Gasteiger partial charge in [0.2, 0.25) is 0 Å². The van der Waals surface area contributed by atoms with Crippen molar-refractivity contribution in [1.82, 2.24) is 0 Å². The fourth-order valence-electron chi connectivity index (χ4n) is 0.608. The molecule has 10 heavy (non-hydrogen) atoms. The van der Waals surface area contributed by atoms with Gasteiger partial charge in [-0.25, -0.2) is 0 Å². The van der Waals surface area contributed by atoms with E-state index in [2.05, 4.69) is 21.4 Å². The van der Waals surface area contributed by atoms with Crippen LogP contribution in [0.25, 0.3) is 0 Å². The first-order valence-electron chi connectivity index (χ1n) is 2.65. The highest BCUT2D eigenvalue weighted by Crippen LogP contribution is 2.24. The van der Waals surface area contributed by atoms with Crippen LogP contribution in [0.15, 0.2) is 22.7 Å². The normalized spacial score (nSPS) is 9.50. The molecule has 0 aromatic heterocycles. The predicted molar refractivity (Wildman–Crippen MR) is 47.0 cm³/mol. The first-order chi connectivity index (χ1) is 4.74. The van der Waals surface area contributed by atoms with E-state index < -0.39 is 0 Å². The molecule has 0 atom stereocenters. The van der Waals surface area contributed by atoms with Crippen molar-refractivity contribution >= 4 is 33.2 Å². The van der Waals surface area contributed by atoms with Gasteiger partial charge in [-0.05, 0) is 34.1 Å². The third-order valence-electron chi connectivity index (χ3n) is 1.08. The summed E-state index contributed by atoms with van der Waals surface area (Å²) >= 11 is 8.97. The van der Waals surface area contributed by atoms with Gasteiger partial charge in [0.1, 0.15) is 0 Å². The lowest BCUT2D eigenvalue weighted by Gasteiger charge is -2.01. The fourth-order valence-corrected chi connectivity index (χ4v) is 1.14. The lowest BCUT2D eigenvalue weighted by Crippen LogP contribution is -2.06. The van der Waals surface area contributed by atoms with Crippen LogP contribution in [0.4, 0.5) is 5.69 Å². The highest BCUT2D eigenvalue weighted by atomic mass is 79.9. The summed E-state index contributed by atoms with van der Waals surface area (Å²) in [5.41, 5.74) is 3.29. The number of rotatable bonds is 1. The molecule has 0 amide bonds. The van der Waals surface area contributed by atoms with Gasteiger partial charge in [-0.15, -0.1) is 0 Å². The third kappa shape index (κ3) is 1.62. The van der Waals surface area contributed by atoms with Gasteiger partial charge in [-0.1, -0.05) is 11.6 Å². The molecule has 54 valence electrons. The molecule has 1 rings (SSSR count). The molecule has 1 aromatic carbocycles. The second kappa shape index (κ2) is 3.23. The zero-order valence-corrected chi connectivity index (χ0v) is 7.41. The van der Waals surface area contributed by atoms with Crippen molar-refractivity contribution in [3.8, 4) is 0 Å². The number of benzene rings is 1. The average Bonchev–Trinajstić information content (AvgIpc) is 1.94. The molecule has 0 aliphatic heterocycles. The van der Waals surface area contributed by atoms with Crippen molar-refractivity contribution < 1.29 is 0 Å². The zero-order chi connectivity index (χ0) is 7.56. The quantitative estimate of drug-likeness (QED) is 0.564. The molecule has 0 spiro atoms. The van der Waals surface area contributed by atoms with Gasteiger partial charge in [0.05, 0.1) is 5.69 Å². The lowest BCUT2D eigenvalue weighted by atomic mass is 10.3. The van der Waals surface area contributed by atoms with Gasteiger partial charge in [0, 0.05) is 9.50 Å². The molecule has 0 unspecified atom stereocenters. The van der Waals surface area contributed by atoms with E-state index in [0.717, 1.165) is 10.2 Å². The summed E-state index contributed by atoms with van der Waals surface area (Å²) in [4.78, 5) is 0. The van der Waals surface area contributed by atoms with E-state index in [-0.39, 0.29) is 0 Å². The molecule has 0 aliphatic rings. The summed E-state index contributed by atoms with van der Waals surface area (Å²) < 4.78 is 0.902. The third-order valence-corrected chi connectivity index (χ3v) is 2.01. The summed E-state index contributed by atoms with van der Waals surface area (Å²) in [5.74, 6) is 5.18. The molecule has 0 fully saturated rings. The van der Waals surface area contributed by atoms with Crippen LogP contribution < -0.4 is 11.3 Å². The number of nitrogens with two attached hydrogens (primary N) is 1. The molecule has 0 aliphatic carbocycles. The smallest absolute Gasteiger partial charge is 0.0642 e. The topological polar surface area (TPSA) is 38.0 Å². The van der Waals surface area contributed by atoms with Crippen LogP contribution in [-0.2, 0) is 0 Å². The van der Waals surface area contributed by atoms with Crippen molar-refractivity contribution in [2.24, 2.45) is 5.84 Å². The molecule has 0 radical (unpaired) electrons. The Hall–Kier alpha value is -0.250. The van der Waals surface area contributed by atoms with Crippen LogP contribution in [0, 0.1) is 0 Å². The van der Waals surface area contributed by atoms with Crippen LogP contribution in [0.3, 0.4) is 0 Å². The van der Waals surface area contributed by atoms with Gasteiger partial charge in [-0.2, -0.15) is 0 Å². The highest BCUT2D eigenvalue weighted by Gasteiger charge is 1.96. The number of hydrogen-bond donors (Lipinski definition) is 2. The van der Waals surface area contributed by atoms with Crippen LogP contribution in [0.1, 0.15) is 0 Å². The summed E-state index contributed by atoms with van der Waals surface area (Å²) in [6.45, 7) is 0. The molecule has 4 heteroatoms. The first-order valence-corrected chi connectivity index (χ1v) is 3.83. The summed E-state index contributed by atoms with van der Waals surface area (Å²) in [5, 5.41) is 0.663. The van der Waals surface area contributed by atoms with Gasteiger partial charge in [0.15, 0.2) is 0 Å².